The van der Waals surface area contributed by atoms with Gasteiger partial charge in [0.25, 0.3) is 0 Å². The van der Waals surface area contributed by atoms with Gasteiger partial charge in [-0.25, -0.2) is 0 Å². The molecular formula is C14H16Cl2N2O3. The van der Waals surface area contributed by atoms with Gasteiger partial charge in [0.15, 0.2) is 0 Å². The van der Waals surface area contributed by atoms with E-state index in [2.05, 4.69) is 10.6 Å². The molecule has 0 bridgehead atoms. The lowest BCUT2D eigenvalue weighted by atomic mass is 10.1. The van der Waals surface area contributed by atoms with Gasteiger partial charge in [-0.1, -0.05) is 35.7 Å². The predicted molar refractivity (Wildman–Crippen MR) is 81.4 cm³/mol. The van der Waals surface area contributed by atoms with E-state index in [1.54, 1.807) is 18.2 Å². The molecule has 1 saturated carbocycles. The molecular weight excluding hydrogens is 315 g/mol. The Morgan fingerprint density at radius 2 is 2.00 bits per heavy atom. The van der Waals surface area contributed by atoms with Crippen LogP contribution in [-0.2, 0) is 9.59 Å². The molecule has 0 saturated heterocycles. The zero-order valence-electron chi connectivity index (χ0n) is 11.2. The third-order valence-electron chi connectivity index (χ3n) is 3.55. The first-order chi connectivity index (χ1) is 9.99. The van der Waals surface area contributed by atoms with Gasteiger partial charge in [0, 0.05) is 12.5 Å². The lowest BCUT2D eigenvalue weighted by Gasteiger charge is -2.15. The molecule has 0 aromatic heterocycles. The summed E-state index contributed by atoms with van der Waals surface area (Å²) < 4.78 is 0. The molecule has 2 amide bonds. The van der Waals surface area contributed by atoms with Gasteiger partial charge in [0.2, 0.25) is 0 Å². The summed E-state index contributed by atoms with van der Waals surface area (Å²) in [6.07, 6.45) is 2.12. The number of nitrogens with one attached hydrogen (secondary N) is 2. The van der Waals surface area contributed by atoms with Crippen LogP contribution in [0.4, 0.5) is 5.69 Å². The third-order valence-corrected chi connectivity index (χ3v) is 4.37. The topological polar surface area (TPSA) is 78.4 Å². The molecule has 2 atom stereocenters. The van der Waals surface area contributed by atoms with E-state index in [1.807, 2.05) is 0 Å². The first-order valence-electron chi connectivity index (χ1n) is 6.70. The highest BCUT2D eigenvalue weighted by atomic mass is 35.5. The van der Waals surface area contributed by atoms with E-state index in [-0.39, 0.29) is 23.2 Å². The van der Waals surface area contributed by atoms with Crippen LogP contribution in [0.1, 0.15) is 19.3 Å². The van der Waals surface area contributed by atoms with Crippen molar-refractivity contribution < 1.29 is 14.7 Å². The molecule has 5 nitrogen and oxygen atoms in total. The number of hydrogen-bond acceptors (Lipinski definition) is 3. The standard InChI is InChI=1S/C14H16Cl2N2O3/c15-9-4-2-5-10(12(9)16)18-14(21)13(20)17-7-8-3-1-6-11(8)19/h2,4-5,8,11,19H,1,3,6-7H2,(H,17,20)(H,18,21). The number of aliphatic hydroxyl groups excluding tert-OH is 1. The Hall–Kier alpha value is -1.30. The highest BCUT2D eigenvalue weighted by Gasteiger charge is 2.26. The smallest absolute Gasteiger partial charge is 0.313 e. The monoisotopic (exact) mass is 330 g/mol. The summed E-state index contributed by atoms with van der Waals surface area (Å²) in [7, 11) is 0. The summed E-state index contributed by atoms with van der Waals surface area (Å²) in [6.45, 7) is 0.288. The van der Waals surface area contributed by atoms with Gasteiger partial charge in [-0.2, -0.15) is 0 Å². The third kappa shape index (κ3) is 4.09. The van der Waals surface area contributed by atoms with Crippen molar-refractivity contribution in [2.24, 2.45) is 5.92 Å². The molecule has 2 unspecified atom stereocenters. The second kappa shape index (κ2) is 7.11. The number of carbonyl (C=O) groups is 2. The zero-order valence-corrected chi connectivity index (χ0v) is 12.7. The number of amides is 2. The maximum atomic E-state index is 11.8. The molecule has 114 valence electrons. The van der Waals surface area contributed by atoms with Crippen molar-refractivity contribution in [1.29, 1.82) is 0 Å². The molecule has 0 radical (unpaired) electrons. The average Bonchev–Trinajstić information content (AvgIpc) is 2.86. The Labute approximate surface area is 132 Å². The molecule has 1 aliphatic carbocycles. The highest BCUT2D eigenvalue weighted by Crippen LogP contribution is 2.29. The van der Waals surface area contributed by atoms with Crippen LogP contribution in [0.25, 0.3) is 0 Å². The van der Waals surface area contributed by atoms with Crippen LogP contribution in [-0.4, -0.2) is 29.6 Å². The van der Waals surface area contributed by atoms with Crippen molar-refractivity contribution in [3.63, 3.8) is 0 Å². The zero-order chi connectivity index (χ0) is 15.4. The lowest BCUT2D eigenvalue weighted by molar-refractivity contribution is -0.136. The number of aliphatic hydroxyl groups is 1. The van der Waals surface area contributed by atoms with Crippen LogP contribution >= 0.6 is 23.2 Å². The molecule has 7 heteroatoms. The van der Waals surface area contributed by atoms with Crippen LogP contribution in [0.15, 0.2) is 18.2 Å². The van der Waals surface area contributed by atoms with Crippen LogP contribution in [0.5, 0.6) is 0 Å². The SMILES string of the molecule is O=C(NCC1CCCC1O)C(=O)Nc1cccc(Cl)c1Cl. The van der Waals surface area contributed by atoms with E-state index < -0.39 is 17.9 Å². The molecule has 0 heterocycles. The first-order valence-corrected chi connectivity index (χ1v) is 7.46. The van der Waals surface area contributed by atoms with E-state index in [4.69, 9.17) is 23.2 Å². The summed E-state index contributed by atoms with van der Waals surface area (Å²) in [6, 6.07) is 4.76. The first kappa shape index (κ1) is 16.1. The van der Waals surface area contributed by atoms with Crippen molar-refractivity contribution in [3.05, 3.63) is 28.2 Å². The van der Waals surface area contributed by atoms with Crippen molar-refractivity contribution in [1.82, 2.24) is 5.32 Å². The van der Waals surface area contributed by atoms with Crippen molar-refractivity contribution >= 4 is 40.7 Å². The minimum Gasteiger partial charge on any atom is -0.393 e. The van der Waals surface area contributed by atoms with Crippen LogP contribution in [0.2, 0.25) is 10.0 Å². The van der Waals surface area contributed by atoms with Gasteiger partial charge in [-0.3, -0.25) is 9.59 Å². The van der Waals surface area contributed by atoms with E-state index >= 15 is 0 Å². The van der Waals surface area contributed by atoms with Crippen molar-refractivity contribution in [3.8, 4) is 0 Å². The highest BCUT2D eigenvalue weighted by molar-refractivity contribution is 6.45. The summed E-state index contributed by atoms with van der Waals surface area (Å²) in [5.41, 5.74) is 0.283. The van der Waals surface area contributed by atoms with Gasteiger partial charge in [0.1, 0.15) is 0 Å². The van der Waals surface area contributed by atoms with Gasteiger partial charge < -0.3 is 15.7 Å². The second-order valence-electron chi connectivity index (χ2n) is 5.02. The van der Waals surface area contributed by atoms with Crippen LogP contribution < -0.4 is 10.6 Å². The van der Waals surface area contributed by atoms with Gasteiger partial charge >= 0.3 is 11.8 Å². The van der Waals surface area contributed by atoms with E-state index in [0.29, 0.717) is 5.02 Å². The van der Waals surface area contributed by atoms with Gasteiger partial charge in [0.05, 0.1) is 21.8 Å². The fraction of sp³-hybridized carbons (Fsp3) is 0.429. The van der Waals surface area contributed by atoms with Crippen molar-refractivity contribution in [2.45, 2.75) is 25.4 Å². The Kier molecular flexibility index (Phi) is 5.45. The number of benzene rings is 1. The Balaban J connectivity index is 1.88. The molecule has 1 fully saturated rings. The van der Waals surface area contributed by atoms with Gasteiger partial charge in [-0.15, -0.1) is 0 Å². The summed E-state index contributed by atoms with van der Waals surface area (Å²) in [5.74, 6) is -1.56. The number of rotatable bonds is 3. The number of hydrogen-bond donors (Lipinski definition) is 3. The van der Waals surface area contributed by atoms with Crippen LogP contribution in [0, 0.1) is 5.92 Å². The lowest BCUT2D eigenvalue weighted by Crippen LogP contribution is -2.39. The number of carbonyl (C=O) groups excluding carboxylic acids is 2. The van der Waals surface area contributed by atoms with E-state index in [0.717, 1.165) is 19.3 Å². The second-order valence-corrected chi connectivity index (χ2v) is 5.81. The van der Waals surface area contributed by atoms with Crippen LogP contribution in [0.3, 0.4) is 0 Å². The summed E-state index contributed by atoms with van der Waals surface area (Å²) >= 11 is 11.8. The molecule has 0 spiro atoms. The van der Waals surface area contributed by atoms with Crippen molar-refractivity contribution in [2.75, 3.05) is 11.9 Å². The average molecular weight is 331 g/mol. The van der Waals surface area contributed by atoms with E-state index in [9.17, 15) is 14.7 Å². The number of halogens is 2. The number of anilines is 1. The molecule has 0 aliphatic heterocycles. The maximum absolute atomic E-state index is 11.8. The molecule has 21 heavy (non-hydrogen) atoms. The predicted octanol–water partition coefficient (Wildman–Crippen LogP) is 2.21. The molecule has 1 aliphatic rings. The van der Waals surface area contributed by atoms with E-state index in [1.165, 1.54) is 0 Å². The molecule has 2 rings (SSSR count). The summed E-state index contributed by atoms with van der Waals surface area (Å²) in [4.78, 5) is 23.5. The van der Waals surface area contributed by atoms with Gasteiger partial charge in [-0.05, 0) is 25.0 Å². The normalized spacial score (nSPS) is 21.1. The quantitative estimate of drug-likeness (QED) is 0.743. The minimum absolute atomic E-state index is 0.0107. The fourth-order valence-corrected chi connectivity index (χ4v) is 2.69. The Morgan fingerprint density at radius 1 is 1.24 bits per heavy atom. The molecule has 1 aromatic carbocycles. The summed E-state index contributed by atoms with van der Waals surface area (Å²) in [5, 5.41) is 15.1. The Bertz CT molecular complexity index is 551. The fourth-order valence-electron chi connectivity index (χ4n) is 2.34. The largest absolute Gasteiger partial charge is 0.393 e. The maximum Gasteiger partial charge on any atom is 0.313 e. The molecule has 1 aromatic rings. The molecule has 3 N–H and O–H groups in total. The minimum atomic E-state index is -0.813. The Morgan fingerprint density at radius 3 is 2.67 bits per heavy atom.